The lowest BCUT2D eigenvalue weighted by Crippen LogP contribution is -2.34. The molecule has 1 aromatic heterocycles. The molecule has 176 valence electrons. The number of fused-ring (bicyclic) bond motifs is 1. The summed E-state index contributed by atoms with van der Waals surface area (Å²) in [5.41, 5.74) is 4.17. The summed E-state index contributed by atoms with van der Waals surface area (Å²) in [6.07, 6.45) is 0.358. The highest BCUT2D eigenvalue weighted by atomic mass is 19.1. The molecule has 0 unspecified atom stereocenters. The number of nitrogens with zero attached hydrogens (tertiary/aromatic N) is 3. The van der Waals surface area contributed by atoms with E-state index in [4.69, 9.17) is 0 Å². The zero-order valence-corrected chi connectivity index (χ0v) is 19.1. The zero-order valence-electron chi connectivity index (χ0n) is 19.1. The normalized spacial score (nSPS) is 16.9. The Morgan fingerprint density at radius 1 is 1.06 bits per heavy atom. The number of amides is 2. The van der Waals surface area contributed by atoms with Crippen LogP contribution in [0.25, 0.3) is 0 Å². The maximum Gasteiger partial charge on any atom is 0.256 e. The van der Waals surface area contributed by atoms with E-state index < -0.39 is 6.17 Å². The highest BCUT2D eigenvalue weighted by Gasteiger charge is 2.31. The van der Waals surface area contributed by atoms with Crippen molar-refractivity contribution in [3.63, 3.8) is 0 Å². The minimum atomic E-state index is -0.718. The summed E-state index contributed by atoms with van der Waals surface area (Å²) in [4.78, 5) is 29.8. The SMILES string of the molecule is C[C@@H](C(=O)N1Cc2[nH]nc(NC(=O)c3ccc(N4CCC(F)CC4)cc3)c2C1)c1ccccc1. The van der Waals surface area contributed by atoms with Crippen LogP contribution in [0, 0.1) is 0 Å². The van der Waals surface area contributed by atoms with Crippen molar-refractivity contribution in [1.82, 2.24) is 15.1 Å². The highest BCUT2D eigenvalue weighted by Crippen LogP contribution is 2.30. The Labute approximate surface area is 198 Å². The maximum atomic E-state index is 13.4. The second-order valence-corrected chi connectivity index (χ2v) is 9.02. The standard InChI is InChI=1S/C26H28FN5O2/c1-17(18-5-3-2-4-6-18)26(34)32-15-22-23(16-32)29-30-24(22)28-25(33)19-7-9-21(10-8-19)31-13-11-20(27)12-14-31/h2-10,17,20H,11-16H2,1H3,(H2,28,29,30,33)/t17-/m1/s1. The van der Waals surface area contributed by atoms with Crippen molar-refractivity contribution >= 4 is 23.3 Å². The van der Waals surface area contributed by atoms with E-state index in [9.17, 15) is 14.0 Å². The van der Waals surface area contributed by atoms with E-state index in [-0.39, 0.29) is 17.7 Å². The van der Waals surface area contributed by atoms with E-state index >= 15 is 0 Å². The smallest absolute Gasteiger partial charge is 0.256 e. The van der Waals surface area contributed by atoms with E-state index in [1.165, 1.54) is 0 Å². The molecule has 2 amide bonds. The molecule has 8 heteroatoms. The molecule has 0 spiro atoms. The number of rotatable bonds is 5. The number of hydrogen-bond acceptors (Lipinski definition) is 4. The average molecular weight is 462 g/mol. The fourth-order valence-electron chi connectivity index (χ4n) is 4.67. The van der Waals surface area contributed by atoms with Gasteiger partial charge in [-0.3, -0.25) is 14.7 Å². The summed E-state index contributed by atoms with van der Waals surface area (Å²) in [6.45, 7) is 4.13. The predicted octanol–water partition coefficient (Wildman–Crippen LogP) is 4.25. The minimum absolute atomic E-state index is 0.0421. The molecule has 0 radical (unpaired) electrons. The first kappa shape index (κ1) is 22.1. The lowest BCUT2D eigenvalue weighted by atomic mass is 10.00. The fraction of sp³-hybridized carbons (Fsp3) is 0.346. The molecule has 1 fully saturated rings. The summed E-state index contributed by atoms with van der Waals surface area (Å²) in [6, 6.07) is 17.1. The van der Waals surface area contributed by atoms with Gasteiger partial charge in [-0.2, -0.15) is 5.10 Å². The van der Waals surface area contributed by atoms with Gasteiger partial charge in [0.25, 0.3) is 5.91 Å². The Balaban J connectivity index is 1.22. The van der Waals surface area contributed by atoms with Crippen LogP contribution in [0.3, 0.4) is 0 Å². The molecule has 34 heavy (non-hydrogen) atoms. The Kier molecular flexibility index (Phi) is 6.04. The van der Waals surface area contributed by atoms with Gasteiger partial charge in [0.2, 0.25) is 5.91 Å². The van der Waals surface area contributed by atoms with Gasteiger partial charge in [-0.25, -0.2) is 4.39 Å². The van der Waals surface area contributed by atoms with Crippen LogP contribution in [0.15, 0.2) is 54.6 Å². The second kappa shape index (κ2) is 9.29. The Bertz CT molecular complexity index is 1170. The third kappa shape index (κ3) is 4.40. The van der Waals surface area contributed by atoms with Crippen LogP contribution < -0.4 is 10.2 Å². The van der Waals surface area contributed by atoms with E-state index in [2.05, 4.69) is 20.4 Å². The fourth-order valence-corrected chi connectivity index (χ4v) is 4.67. The van der Waals surface area contributed by atoms with Crippen molar-refractivity contribution < 1.29 is 14.0 Å². The van der Waals surface area contributed by atoms with Crippen LogP contribution in [-0.4, -0.2) is 46.2 Å². The number of alkyl halides is 1. The molecule has 1 atom stereocenters. The average Bonchev–Trinajstić information content (AvgIpc) is 3.46. The van der Waals surface area contributed by atoms with Crippen molar-refractivity contribution in [3.8, 4) is 0 Å². The number of benzene rings is 2. The first-order chi connectivity index (χ1) is 16.5. The first-order valence-corrected chi connectivity index (χ1v) is 11.7. The van der Waals surface area contributed by atoms with Crippen LogP contribution in [0.5, 0.6) is 0 Å². The summed E-state index contributed by atoms with van der Waals surface area (Å²) < 4.78 is 13.4. The van der Waals surface area contributed by atoms with E-state index in [0.29, 0.717) is 50.4 Å². The molecular weight excluding hydrogens is 433 g/mol. The highest BCUT2D eigenvalue weighted by molar-refractivity contribution is 6.04. The Hall–Kier alpha value is -3.68. The molecule has 2 N–H and O–H groups in total. The van der Waals surface area contributed by atoms with Crippen LogP contribution in [0.4, 0.5) is 15.9 Å². The molecule has 5 rings (SSSR count). The summed E-state index contributed by atoms with van der Waals surface area (Å²) >= 11 is 0. The molecule has 2 aliphatic heterocycles. The van der Waals surface area contributed by atoms with Crippen LogP contribution >= 0.6 is 0 Å². The van der Waals surface area contributed by atoms with E-state index in [1.807, 2.05) is 49.4 Å². The molecule has 0 saturated carbocycles. The van der Waals surface area contributed by atoms with Crippen molar-refractivity contribution in [1.29, 1.82) is 0 Å². The predicted molar refractivity (Wildman–Crippen MR) is 128 cm³/mol. The lowest BCUT2D eigenvalue weighted by Gasteiger charge is -2.30. The quantitative estimate of drug-likeness (QED) is 0.595. The summed E-state index contributed by atoms with van der Waals surface area (Å²) in [5.74, 6) is -0.00613. The van der Waals surface area contributed by atoms with Crippen molar-refractivity contribution in [2.75, 3.05) is 23.3 Å². The molecule has 2 aromatic carbocycles. The van der Waals surface area contributed by atoms with Gasteiger partial charge in [0.05, 0.1) is 24.7 Å². The number of piperidine rings is 1. The van der Waals surface area contributed by atoms with Gasteiger partial charge >= 0.3 is 0 Å². The van der Waals surface area contributed by atoms with Gasteiger partial charge < -0.3 is 15.1 Å². The summed E-state index contributed by atoms with van der Waals surface area (Å²) in [7, 11) is 0. The number of H-pyrrole nitrogens is 1. The van der Waals surface area contributed by atoms with Crippen LogP contribution in [0.1, 0.15) is 52.9 Å². The second-order valence-electron chi connectivity index (χ2n) is 9.02. The number of aromatic nitrogens is 2. The molecule has 0 aliphatic carbocycles. The van der Waals surface area contributed by atoms with Gasteiger partial charge in [0.15, 0.2) is 5.82 Å². The van der Waals surface area contributed by atoms with Crippen LogP contribution in [-0.2, 0) is 17.9 Å². The van der Waals surface area contributed by atoms with Crippen molar-refractivity contribution in [3.05, 3.63) is 77.0 Å². The maximum absolute atomic E-state index is 13.4. The third-order valence-corrected chi connectivity index (χ3v) is 6.78. The Morgan fingerprint density at radius 2 is 1.76 bits per heavy atom. The van der Waals surface area contributed by atoms with Gasteiger partial charge in [0, 0.05) is 29.9 Å². The molecule has 7 nitrogen and oxygen atoms in total. The number of carbonyl (C=O) groups excluding carboxylic acids is 2. The molecular formula is C26H28FN5O2. The first-order valence-electron chi connectivity index (χ1n) is 11.7. The molecule has 3 aromatic rings. The summed E-state index contributed by atoms with van der Waals surface area (Å²) in [5, 5.41) is 10.1. The van der Waals surface area contributed by atoms with Gasteiger partial charge in [-0.1, -0.05) is 30.3 Å². The third-order valence-electron chi connectivity index (χ3n) is 6.78. The monoisotopic (exact) mass is 461 g/mol. The van der Waals surface area contributed by atoms with Gasteiger partial charge in [-0.15, -0.1) is 0 Å². The number of hydrogen-bond donors (Lipinski definition) is 2. The number of halogens is 1. The number of carbonyl (C=O) groups is 2. The van der Waals surface area contributed by atoms with E-state index in [0.717, 1.165) is 22.5 Å². The lowest BCUT2D eigenvalue weighted by molar-refractivity contribution is -0.133. The minimum Gasteiger partial charge on any atom is -0.371 e. The van der Waals surface area contributed by atoms with Crippen molar-refractivity contribution in [2.24, 2.45) is 0 Å². The zero-order chi connectivity index (χ0) is 23.7. The Morgan fingerprint density at radius 3 is 2.47 bits per heavy atom. The topological polar surface area (TPSA) is 81.3 Å². The number of aromatic amines is 1. The molecule has 2 aliphatic rings. The van der Waals surface area contributed by atoms with Crippen molar-refractivity contribution in [2.45, 2.75) is 44.9 Å². The van der Waals surface area contributed by atoms with E-state index in [1.54, 1.807) is 17.0 Å². The molecule has 0 bridgehead atoms. The number of nitrogens with one attached hydrogen (secondary N) is 2. The van der Waals surface area contributed by atoms with Gasteiger partial charge in [0.1, 0.15) is 6.17 Å². The van der Waals surface area contributed by atoms with Gasteiger partial charge in [-0.05, 0) is 49.6 Å². The largest absolute Gasteiger partial charge is 0.371 e. The van der Waals surface area contributed by atoms with Crippen LogP contribution in [0.2, 0.25) is 0 Å². The number of anilines is 2. The molecule has 3 heterocycles. The molecule has 1 saturated heterocycles.